The Balaban J connectivity index is 1.60. The smallest absolute Gasteiger partial charge is 0.223 e. The molecule has 3 rings (SSSR count). The van der Waals surface area contributed by atoms with E-state index in [9.17, 15) is 4.79 Å². The van der Waals surface area contributed by atoms with Gasteiger partial charge in [0.25, 0.3) is 0 Å². The Kier molecular flexibility index (Phi) is 5.56. The normalized spacial score (nSPS) is 17.5. The van der Waals surface area contributed by atoms with Crippen LogP contribution < -0.4 is 5.73 Å². The lowest BCUT2D eigenvalue weighted by molar-refractivity contribution is -0.139. The first-order valence-electron chi connectivity index (χ1n) is 8.39. The molecular weight excluding hydrogens is 338 g/mol. The molecule has 1 aliphatic heterocycles. The number of pyridine rings is 1. The minimum Gasteiger partial charge on any atom is -0.399 e. The molecule has 6 heteroatoms. The zero-order valence-electron chi connectivity index (χ0n) is 14.2. The summed E-state index contributed by atoms with van der Waals surface area (Å²) in [4.78, 5) is 18.9. The first-order chi connectivity index (χ1) is 12.0. The van der Waals surface area contributed by atoms with Gasteiger partial charge in [-0.15, -0.1) is 0 Å². The molecule has 132 valence electrons. The maximum absolute atomic E-state index is 12.5. The van der Waals surface area contributed by atoms with Crippen LogP contribution in [0, 0.1) is 6.92 Å². The second kappa shape index (κ2) is 7.85. The van der Waals surface area contributed by atoms with Crippen molar-refractivity contribution in [2.45, 2.75) is 25.9 Å². The van der Waals surface area contributed by atoms with Crippen molar-refractivity contribution in [3.05, 3.63) is 58.4 Å². The fourth-order valence-corrected chi connectivity index (χ4v) is 3.13. The number of carbonyl (C=O) groups excluding carboxylic acids is 1. The van der Waals surface area contributed by atoms with Crippen molar-refractivity contribution in [2.24, 2.45) is 0 Å². The van der Waals surface area contributed by atoms with Crippen LogP contribution in [0.2, 0.25) is 5.02 Å². The molecule has 1 aliphatic rings. The van der Waals surface area contributed by atoms with Gasteiger partial charge in [-0.05, 0) is 43.2 Å². The first-order valence-corrected chi connectivity index (χ1v) is 8.77. The average molecular weight is 360 g/mol. The highest BCUT2D eigenvalue weighted by molar-refractivity contribution is 6.30. The highest BCUT2D eigenvalue weighted by Gasteiger charge is 2.26. The third kappa shape index (κ3) is 4.71. The van der Waals surface area contributed by atoms with Gasteiger partial charge in [-0.1, -0.05) is 23.7 Å². The number of halogens is 1. The van der Waals surface area contributed by atoms with Crippen molar-refractivity contribution in [3.63, 3.8) is 0 Å². The van der Waals surface area contributed by atoms with E-state index >= 15 is 0 Å². The van der Waals surface area contributed by atoms with E-state index in [1.807, 2.05) is 48.2 Å². The Morgan fingerprint density at radius 2 is 2.12 bits per heavy atom. The van der Waals surface area contributed by atoms with Gasteiger partial charge < -0.3 is 15.4 Å². The quantitative estimate of drug-likeness (QED) is 0.910. The fraction of sp³-hybridized carbons (Fsp3) is 0.368. The Morgan fingerprint density at radius 3 is 2.84 bits per heavy atom. The first kappa shape index (κ1) is 17.7. The number of nitrogens with zero attached hydrogens (tertiary/aromatic N) is 2. The molecule has 0 bridgehead atoms. The molecule has 25 heavy (non-hydrogen) atoms. The average Bonchev–Trinajstić information content (AvgIpc) is 2.60. The molecule has 1 amide bonds. The molecule has 1 atom stereocenters. The molecule has 1 saturated heterocycles. The lowest BCUT2D eigenvalue weighted by atomic mass is 10.1. The summed E-state index contributed by atoms with van der Waals surface area (Å²) in [5.74, 6) is 0.129. The van der Waals surface area contributed by atoms with E-state index in [4.69, 9.17) is 22.1 Å². The molecule has 2 N–H and O–H groups in total. The number of nitrogens with two attached hydrogens (primary N) is 1. The zero-order valence-corrected chi connectivity index (χ0v) is 15.0. The summed E-state index contributed by atoms with van der Waals surface area (Å²) in [6.45, 7) is 3.52. The summed E-state index contributed by atoms with van der Waals surface area (Å²) in [5, 5.41) is 0.705. The Morgan fingerprint density at radius 1 is 1.36 bits per heavy atom. The fourth-order valence-electron chi connectivity index (χ4n) is 3.00. The van der Waals surface area contributed by atoms with Crippen molar-refractivity contribution in [1.29, 1.82) is 0 Å². The number of benzene rings is 1. The molecule has 1 aromatic heterocycles. The third-order valence-electron chi connectivity index (χ3n) is 4.29. The summed E-state index contributed by atoms with van der Waals surface area (Å²) in [6.07, 6.45) is 0.946. The second-order valence-corrected chi connectivity index (χ2v) is 6.73. The molecular formula is C19H22ClN3O2. The van der Waals surface area contributed by atoms with Crippen molar-refractivity contribution in [1.82, 2.24) is 9.88 Å². The van der Waals surface area contributed by atoms with Crippen molar-refractivity contribution in [2.75, 3.05) is 25.4 Å². The topological polar surface area (TPSA) is 68.5 Å². The van der Waals surface area contributed by atoms with E-state index in [0.29, 0.717) is 43.2 Å². The van der Waals surface area contributed by atoms with Crippen LogP contribution in [0.15, 0.2) is 36.4 Å². The lowest BCUT2D eigenvalue weighted by Gasteiger charge is -2.33. The van der Waals surface area contributed by atoms with Crippen LogP contribution in [0.4, 0.5) is 5.69 Å². The van der Waals surface area contributed by atoms with Crippen LogP contribution in [-0.4, -0.2) is 35.5 Å². The van der Waals surface area contributed by atoms with Crippen molar-refractivity contribution < 1.29 is 9.53 Å². The van der Waals surface area contributed by atoms with E-state index in [0.717, 1.165) is 17.0 Å². The molecule has 2 aromatic rings. The van der Waals surface area contributed by atoms with E-state index in [1.54, 1.807) is 0 Å². The van der Waals surface area contributed by atoms with E-state index < -0.39 is 0 Å². The summed E-state index contributed by atoms with van der Waals surface area (Å²) < 4.78 is 5.80. The molecule has 5 nitrogen and oxygen atoms in total. The van der Waals surface area contributed by atoms with Gasteiger partial charge in [0.05, 0.1) is 18.8 Å². The van der Waals surface area contributed by atoms with E-state index in [-0.39, 0.29) is 12.0 Å². The SMILES string of the molecule is Cc1cc(N)cc([C@H]2CN(C(=O)CCc3ccc(Cl)cc3)CCO2)n1. The summed E-state index contributed by atoms with van der Waals surface area (Å²) in [5.41, 5.74) is 9.31. The van der Waals surface area contributed by atoms with E-state index in [1.165, 1.54) is 0 Å². The van der Waals surface area contributed by atoms with Gasteiger partial charge >= 0.3 is 0 Å². The minimum absolute atomic E-state index is 0.129. The van der Waals surface area contributed by atoms with Gasteiger partial charge in [-0.25, -0.2) is 0 Å². The van der Waals surface area contributed by atoms with Crippen LogP contribution in [0.1, 0.15) is 29.5 Å². The van der Waals surface area contributed by atoms with Gasteiger partial charge in [0.15, 0.2) is 0 Å². The van der Waals surface area contributed by atoms with Gasteiger partial charge in [0, 0.05) is 29.4 Å². The summed E-state index contributed by atoms with van der Waals surface area (Å²) >= 11 is 5.89. The summed E-state index contributed by atoms with van der Waals surface area (Å²) in [7, 11) is 0. The predicted octanol–water partition coefficient (Wildman–Crippen LogP) is 3.16. The number of ether oxygens (including phenoxy) is 1. The number of morpholine rings is 1. The maximum Gasteiger partial charge on any atom is 0.223 e. The van der Waals surface area contributed by atoms with Crippen LogP contribution in [0.25, 0.3) is 0 Å². The monoisotopic (exact) mass is 359 g/mol. The number of rotatable bonds is 4. The van der Waals surface area contributed by atoms with Gasteiger partial charge in [0.2, 0.25) is 5.91 Å². The van der Waals surface area contributed by atoms with Crippen molar-refractivity contribution >= 4 is 23.2 Å². The Labute approximate surface area is 152 Å². The number of hydrogen-bond acceptors (Lipinski definition) is 4. The molecule has 0 saturated carbocycles. The number of aryl methyl sites for hydroxylation is 2. The van der Waals surface area contributed by atoms with Crippen LogP contribution >= 0.6 is 11.6 Å². The van der Waals surface area contributed by atoms with Crippen LogP contribution in [-0.2, 0) is 16.0 Å². The zero-order chi connectivity index (χ0) is 17.8. The van der Waals surface area contributed by atoms with Gasteiger partial charge in [-0.3, -0.25) is 9.78 Å². The molecule has 1 aromatic carbocycles. The number of aromatic nitrogens is 1. The Hall–Kier alpha value is -2.11. The van der Waals surface area contributed by atoms with Gasteiger partial charge in [-0.2, -0.15) is 0 Å². The number of carbonyl (C=O) groups is 1. The lowest BCUT2D eigenvalue weighted by Crippen LogP contribution is -2.42. The van der Waals surface area contributed by atoms with Crippen LogP contribution in [0.3, 0.4) is 0 Å². The second-order valence-electron chi connectivity index (χ2n) is 6.29. The standard InChI is InChI=1S/C19H22ClN3O2/c1-13-10-16(21)11-17(22-13)18-12-23(8-9-25-18)19(24)7-4-14-2-5-15(20)6-3-14/h2-3,5-6,10-11,18H,4,7-9,12H2,1H3,(H2,21,22)/t18-/m1/s1. The molecule has 0 unspecified atom stereocenters. The molecule has 0 aliphatic carbocycles. The van der Waals surface area contributed by atoms with Crippen LogP contribution in [0.5, 0.6) is 0 Å². The van der Waals surface area contributed by atoms with Crippen molar-refractivity contribution in [3.8, 4) is 0 Å². The highest BCUT2D eigenvalue weighted by Crippen LogP contribution is 2.23. The highest BCUT2D eigenvalue weighted by atomic mass is 35.5. The minimum atomic E-state index is -0.226. The molecule has 1 fully saturated rings. The Bertz CT molecular complexity index is 729. The number of anilines is 1. The third-order valence-corrected chi connectivity index (χ3v) is 4.54. The number of nitrogen functional groups attached to an aromatic ring is 1. The largest absolute Gasteiger partial charge is 0.399 e. The molecule has 0 spiro atoms. The molecule has 0 radical (unpaired) electrons. The predicted molar refractivity (Wildman–Crippen MR) is 98.4 cm³/mol. The van der Waals surface area contributed by atoms with E-state index in [2.05, 4.69) is 4.98 Å². The molecule has 2 heterocycles. The number of amides is 1. The van der Waals surface area contributed by atoms with Gasteiger partial charge in [0.1, 0.15) is 6.10 Å². The summed E-state index contributed by atoms with van der Waals surface area (Å²) in [6, 6.07) is 11.2. The maximum atomic E-state index is 12.5. The number of hydrogen-bond donors (Lipinski definition) is 1.